The Morgan fingerprint density at radius 1 is 1.31 bits per heavy atom. The van der Waals surface area contributed by atoms with Crippen molar-refractivity contribution >= 4 is 0 Å². The van der Waals surface area contributed by atoms with E-state index < -0.39 is 0 Å². The smallest absolute Gasteiger partial charge is 0.0192 e. The Hall–Kier alpha value is -0.120. The van der Waals surface area contributed by atoms with Gasteiger partial charge in [0.1, 0.15) is 0 Å². The van der Waals surface area contributed by atoms with Gasteiger partial charge in [0, 0.05) is 18.6 Å². The Labute approximate surface area is 101 Å². The fraction of sp³-hybridized carbons (Fsp3) is 1.00. The van der Waals surface area contributed by atoms with E-state index in [0.717, 1.165) is 12.6 Å². The van der Waals surface area contributed by atoms with Crippen LogP contribution in [0.3, 0.4) is 0 Å². The third-order valence-corrected chi connectivity index (χ3v) is 3.81. The predicted octanol–water partition coefficient (Wildman–Crippen LogP) is 1.40. The van der Waals surface area contributed by atoms with Gasteiger partial charge in [0.2, 0.25) is 0 Å². The second-order valence-corrected chi connectivity index (χ2v) is 5.14. The molecule has 1 aliphatic rings. The normalized spacial score (nSPS) is 21.6. The lowest BCUT2D eigenvalue weighted by Gasteiger charge is -2.36. The maximum absolute atomic E-state index is 3.56. The Morgan fingerprint density at radius 3 is 2.44 bits per heavy atom. The predicted molar refractivity (Wildman–Crippen MR) is 70.9 cm³/mol. The second-order valence-electron chi connectivity index (χ2n) is 5.14. The van der Waals surface area contributed by atoms with Crippen LogP contribution in [0.4, 0.5) is 0 Å². The minimum Gasteiger partial charge on any atom is -0.313 e. The molecule has 0 saturated carbocycles. The van der Waals surface area contributed by atoms with E-state index in [1.165, 1.54) is 38.9 Å². The van der Waals surface area contributed by atoms with E-state index >= 15 is 0 Å². The highest BCUT2D eigenvalue weighted by atomic mass is 15.2. The molecule has 0 aliphatic carbocycles. The molecule has 1 heterocycles. The lowest BCUT2D eigenvalue weighted by Crippen LogP contribution is -2.47. The van der Waals surface area contributed by atoms with Gasteiger partial charge in [-0.1, -0.05) is 13.8 Å². The third kappa shape index (κ3) is 4.40. The van der Waals surface area contributed by atoms with Gasteiger partial charge < -0.3 is 15.1 Å². The number of likely N-dealkylation sites (tertiary alicyclic amines) is 1. The monoisotopic (exact) mass is 227 g/mol. The van der Waals surface area contributed by atoms with Crippen LogP contribution >= 0.6 is 0 Å². The molecule has 1 unspecified atom stereocenters. The molecule has 3 nitrogen and oxygen atoms in total. The largest absolute Gasteiger partial charge is 0.313 e. The first-order chi connectivity index (χ1) is 7.67. The lowest BCUT2D eigenvalue weighted by molar-refractivity contribution is 0.134. The summed E-state index contributed by atoms with van der Waals surface area (Å²) in [6, 6.07) is 1.46. The van der Waals surface area contributed by atoms with E-state index in [0.29, 0.717) is 6.04 Å². The van der Waals surface area contributed by atoms with Crippen molar-refractivity contribution in [1.82, 2.24) is 15.1 Å². The lowest BCUT2D eigenvalue weighted by atomic mass is 10.0. The van der Waals surface area contributed by atoms with Crippen molar-refractivity contribution in [1.29, 1.82) is 0 Å². The highest BCUT2D eigenvalue weighted by Crippen LogP contribution is 2.14. The quantitative estimate of drug-likeness (QED) is 0.740. The number of rotatable bonds is 6. The standard InChI is InChI=1S/C13H29N3/c1-5-12(14-6-2)11-16(4)13-7-9-15(3)10-8-13/h12-14H,5-11H2,1-4H3. The Kier molecular flexibility index (Phi) is 6.32. The minimum absolute atomic E-state index is 0.662. The number of hydrogen-bond donors (Lipinski definition) is 1. The molecule has 0 radical (unpaired) electrons. The van der Waals surface area contributed by atoms with E-state index in [4.69, 9.17) is 0 Å². The van der Waals surface area contributed by atoms with Crippen LogP contribution in [0.2, 0.25) is 0 Å². The first-order valence-corrected chi connectivity index (χ1v) is 6.79. The molecule has 0 aromatic rings. The summed E-state index contributed by atoms with van der Waals surface area (Å²) in [5.74, 6) is 0. The highest BCUT2D eigenvalue weighted by molar-refractivity contribution is 4.79. The summed E-state index contributed by atoms with van der Waals surface area (Å²) in [6.07, 6.45) is 3.88. The van der Waals surface area contributed by atoms with Gasteiger partial charge in [0.25, 0.3) is 0 Å². The average Bonchev–Trinajstić information content (AvgIpc) is 2.29. The summed E-state index contributed by atoms with van der Waals surface area (Å²) < 4.78 is 0. The van der Waals surface area contributed by atoms with Gasteiger partial charge in [-0.15, -0.1) is 0 Å². The van der Waals surface area contributed by atoms with Crippen LogP contribution < -0.4 is 5.32 Å². The summed E-state index contributed by atoms with van der Waals surface area (Å²) in [5, 5.41) is 3.56. The molecule has 3 heteroatoms. The molecule has 0 aromatic heterocycles. The van der Waals surface area contributed by atoms with Gasteiger partial charge >= 0.3 is 0 Å². The molecule has 1 saturated heterocycles. The third-order valence-electron chi connectivity index (χ3n) is 3.81. The summed E-state index contributed by atoms with van der Waals surface area (Å²) in [7, 11) is 4.51. The first-order valence-electron chi connectivity index (χ1n) is 6.79. The number of nitrogens with zero attached hydrogens (tertiary/aromatic N) is 2. The van der Waals surface area contributed by atoms with E-state index in [1.807, 2.05) is 0 Å². The molecule has 1 aliphatic heterocycles. The molecule has 1 rings (SSSR count). The van der Waals surface area contributed by atoms with Crippen molar-refractivity contribution in [2.45, 2.75) is 45.2 Å². The summed E-state index contributed by atoms with van der Waals surface area (Å²) >= 11 is 0. The fourth-order valence-corrected chi connectivity index (χ4v) is 2.56. The number of likely N-dealkylation sites (N-methyl/N-ethyl adjacent to an activating group) is 2. The van der Waals surface area contributed by atoms with Crippen LogP contribution in [-0.2, 0) is 0 Å². The van der Waals surface area contributed by atoms with E-state index in [2.05, 4.69) is 43.1 Å². The average molecular weight is 227 g/mol. The molecule has 0 amide bonds. The molecule has 1 fully saturated rings. The van der Waals surface area contributed by atoms with Crippen LogP contribution in [0.5, 0.6) is 0 Å². The molecule has 16 heavy (non-hydrogen) atoms. The van der Waals surface area contributed by atoms with Gasteiger partial charge in [-0.2, -0.15) is 0 Å². The van der Waals surface area contributed by atoms with E-state index in [-0.39, 0.29) is 0 Å². The summed E-state index contributed by atoms with van der Waals surface area (Å²) in [5.41, 5.74) is 0. The second kappa shape index (κ2) is 7.25. The molecular formula is C13H29N3. The molecule has 0 spiro atoms. The number of hydrogen-bond acceptors (Lipinski definition) is 3. The zero-order valence-electron chi connectivity index (χ0n) is 11.5. The highest BCUT2D eigenvalue weighted by Gasteiger charge is 2.21. The van der Waals surface area contributed by atoms with Gasteiger partial charge in [0.05, 0.1) is 0 Å². The molecule has 1 atom stereocenters. The van der Waals surface area contributed by atoms with Crippen LogP contribution in [0.15, 0.2) is 0 Å². The van der Waals surface area contributed by atoms with Crippen molar-refractivity contribution in [3.63, 3.8) is 0 Å². The molecular weight excluding hydrogens is 198 g/mol. The maximum Gasteiger partial charge on any atom is 0.0192 e. The Bertz CT molecular complexity index is 176. The van der Waals surface area contributed by atoms with Crippen molar-refractivity contribution in [2.24, 2.45) is 0 Å². The zero-order valence-corrected chi connectivity index (χ0v) is 11.5. The van der Waals surface area contributed by atoms with Crippen LogP contribution in [-0.4, -0.2) is 62.2 Å². The SMILES string of the molecule is CCNC(CC)CN(C)C1CCN(C)CC1. The molecule has 1 N–H and O–H groups in total. The van der Waals surface area contributed by atoms with Crippen LogP contribution in [0, 0.1) is 0 Å². The van der Waals surface area contributed by atoms with Gasteiger partial charge in [-0.3, -0.25) is 0 Å². The zero-order chi connectivity index (χ0) is 12.0. The van der Waals surface area contributed by atoms with Crippen LogP contribution in [0.25, 0.3) is 0 Å². The van der Waals surface area contributed by atoms with Crippen molar-refractivity contribution in [2.75, 3.05) is 40.3 Å². The van der Waals surface area contributed by atoms with Gasteiger partial charge in [0.15, 0.2) is 0 Å². The summed E-state index contributed by atoms with van der Waals surface area (Å²) in [4.78, 5) is 5.00. The molecule has 0 aromatic carbocycles. The maximum atomic E-state index is 3.56. The van der Waals surface area contributed by atoms with Crippen molar-refractivity contribution in [3.8, 4) is 0 Å². The van der Waals surface area contributed by atoms with E-state index in [9.17, 15) is 0 Å². The van der Waals surface area contributed by atoms with Crippen LogP contribution in [0.1, 0.15) is 33.1 Å². The molecule has 0 bridgehead atoms. The van der Waals surface area contributed by atoms with Crippen molar-refractivity contribution < 1.29 is 0 Å². The van der Waals surface area contributed by atoms with Crippen molar-refractivity contribution in [3.05, 3.63) is 0 Å². The number of nitrogens with one attached hydrogen (secondary N) is 1. The fourth-order valence-electron chi connectivity index (χ4n) is 2.56. The minimum atomic E-state index is 0.662. The topological polar surface area (TPSA) is 18.5 Å². The first kappa shape index (κ1) is 13.9. The van der Waals surface area contributed by atoms with Gasteiger partial charge in [-0.25, -0.2) is 0 Å². The van der Waals surface area contributed by atoms with E-state index in [1.54, 1.807) is 0 Å². The molecule has 96 valence electrons. The number of piperidine rings is 1. The Morgan fingerprint density at radius 2 is 1.94 bits per heavy atom. The Balaban J connectivity index is 2.30. The van der Waals surface area contributed by atoms with Gasteiger partial charge in [-0.05, 0) is 53.0 Å². The summed E-state index contributed by atoms with van der Waals surface area (Å²) in [6.45, 7) is 9.26.